The number of carbonyl (C=O) groups is 1. The molecule has 6 nitrogen and oxygen atoms in total. The highest BCUT2D eigenvalue weighted by Crippen LogP contribution is 2.29. The maximum absolute atomic E-state index is 11.8. The Kier molecular flexibility index (Phi) is 4.52. The highest BCUT2D eigenvalue weighted by Gasteiger charge is 2.16. The second-order valence-corrected chi connectivity index (χ2v) is 4.84. The summed E-state index contributed by atoms with van der Waals surface area (Å²) in [4.78, 5) is 24.3. The monoisotopic (exact) mass is 290 g/mol. The molecule has 0 amide bonds. The van der Waals surface area contributed by atoms with Gasteiger partial charge in [0.2, 0.25) is 0 Å². The van der Waals surface area contributed by atoms with Gasteiger partial charge >= 0.3 is 5.97 Å². The van der Waals surface area contributed by atoms with Crippen LogP contribution >= 0.6 is 11.8 Å². The van der Waals surface area contributed by atoms with E-state index in [-0.39, 0.29) is 5.69 Å². The van der Waals surface area contributed by atoms with Crippen molar-refractivity contribution >= 4 is 23.4 Å². The fourth-order valence-electron chi connectivity index (χ4n) is 1.48. The number of nitrogens with zero attached hydrogens (tertiary/aromatic N) is 3. The Balaban J connectivity index is 2.29. The van der Waals surface area contributed by atoms with Crippen LogP contribution in [0.2, 0.25) is 0 Å². The van der Waals surface area contributed by atoms with Crippen LogP contribution in [0.4, 0.5) is 5.69 Å². The van der Waals surface area contributed by atoms with Gasteiger partial charge in [0.25, 0.3) is 0 Å². The van der Waals surface area contributed by atoms with E-state index in [2.05, 4.69) is 15.0 Å². The molecule has 0 aromatic carbocycles. The largest absolute Gasteiger partial charge is 0.462 e. The molecular formula is C13H14N4O2S. The number of carbonyl (C=O) groups excluding carboxylic acids is 1. The third kappa shape index (κ3) is 3.24. The molecule has 0 aliphatic heterocycles. The first-order valence-electron chi connectivity index (χ1n) is 6.01. The third-order valence-corrected chi connectivity index (χ3v) is 3.31. The number of hydrogen-bond acceptors (Lipinski definition) is 7. The van der Waals surface area contributed by atoms with Gasteiger partial charge in [-0.1, -0.05) is 0 Å². The molecule has 2 aromatic heterocycles. The van der Waals surface area contributed by atoms with Crippen LogP contribution in [0.1, 0.15) is 23.0 Å². The van der Waals surface area contributed by atoms with Gasteiger partial charge < -0.3 is 10.5 Å². The van der Waals surface area contributed by atoms with E-state index in [1.807, 2.05) is 6.92 Å². The number of pyridine rings is 1. The Morgan fingerprint density at radius 3 is 2.80 bits per heavy atom. The molecule has 0 spiro atoms. The molecule has 2 aromatic rings. The zero-order valence-electron chi connectivity index (χ0n) is 11.2. The van der Waals surface area contributed by atoms with Gasteiger partial charge in [-0.25, -0.2) is 19.7 Å². The van der Waals surface area contributed by atoms with Crippen molar-refractivity contribution in [1.82, 2.24) is 15.0 Å². The standard InChI is InChI=1S/C13H14N4O2S/c1-3-19-12(18)9-5-7-15-11(10(9)14)20-13-16-6-4-8(2)17-13/h4-7H,3,14H2,1-2H3. The van der Waals surface area contributed by atoms with E-state index in [9.17, 15) is 4.79 Å². The summed E-state index contributed by atoms with van der Waals surface area (Å²) in [6.45, 7) is 3.91. The summed E-state index contributed by atoms with van der Waals surface area (Å²) in [5, 5.41) is 1.02. The summed E-state index contributed by atoms with van der Waals surface area (Å²) < 4.78 is 4.95. The molecule has 0 fully saturated rings. The minimum absolute atomic E-state index is 0.279. The molecule has 0 aliphatic rings. The molecule has 0 unspecified atom stereocenters. The number of nitrogen functional groups attached to an aromatic ring is 1. The zero-order valence-corrected chi connectivity index (χ0v) is 12.0. The number of hydrogen-bond donors (Lipinski definition) is 1. The highest BCUT2D eigenvalue weighted by molar-refractivity contribution is 7.99. The lowest BCUT2D eigenvalue weighted by Crippen LogP contribution is -2.09. The molecule has 104 valence electrons. The molecule has 0 saturated heterocycles. The van der Waals surface area contributed by atoms with Crippen molar-refractivity contribution in [3.63, 3.8) is 0 Å². The van der Waals surface area contributed by atoms with E-state index in [1.165, 1.54) is 24.0 Å². The van der Waals surface area contributed by atoms with Gasteiger partial charge in [-0.15, -0.1) is 0 Å². The predicted molar refractivity (Wildman–Crippen MR) is 75.5 cm³/mol. The van der Waals surface area contributed by atoms with Crippen molar-refractivity contribution in [2.75, 3.05) is 12.3 Å². The van der Waals surface area contributed by atoms with Crippen LogP contribution in [0.5, 0.6) is 0 Å². The molecule has 7 heteroatoms. The topological polar surface area (TPSA) is 91.0 Å². The first kappa shape index (κ1) is 14.3. The van der Waals surface area contributed by atoms with E-state index < -0.39 is 5.97 Å². The van der Waals surface area contributed by atoms with Crippen LogP contribution in [-0.2, 0) is 4.74 Å². The second-order valence-electron chi connectivity index (χ2n) is 3.88. The van der Waals surface area contributed by atoms with Gasteiger partial charge in [0, 0.05) is 18.1 Å². The molecule has 20 heavy (non-hydrogen) atoms. The Morgan fingerprint density at radius 1 is 1.35 bits per heavy atom. The third-order valence-electron chi connectivity index (χ3n) is 2.41. The van der Waals surface area contributed by atoms with E-state index in [0.29, 0.717) is 22.4 Å². The van der Waals surface area contributed by atoms with Gasteiger partial charge in [-0.2, -0.15) is 0 Å². The lowest BCUT2D eigenvalue weighted by atomic mass is 10.2. The number of anilines is 1. The van der Waals surface area contributed by atoms with E-state index in [4.69, 9.17) is 10.5 Å². The second kappa shape index (κ2) is 6.33. The van der Waals surface area contributed by atoms with Crippen molar-refractivity contribution in [2.45, 2.75) is 24.0 Å². The van der Waals surface area contributed by atoms with Crippen LogP contribution in [0.3, 0.4) is 0 Å². The quantitative estimate of drug-likeness (QED) is 0.681. The van der Waals surface area contributed by atoms with Gasteiger partial charge in [-0.05, 0) is 37.7 Å². The Hall–Kier alpha value is -2.15. The Morgan fingerprint density at radius 2 is 2.10 bits per heavy atom. The normalized spacial score (nSPS) is 10.3. The molecular weight excluding hydrogens is 276 g/mol. The van der Waals surface area contributed by atoms with Crippen LogP contribution in [0.15, 0.2) is 34.7 Å². The molecule has 2 heterocycles. The minimum atomic E-state index is -0.459. The fraction of sp³-hybridized carbons (Fsp3) is 0.231. The number of esters is 1. The van der Waals surface area contributed by atoms with Crippen LogP contribution in [0.25, 0.3) is 0 Å². The van der Waals surface area contributed by atoms with Crippen molar-refractivity contribution in [2.24, 2.45) is 0 Å². The van der Waals surface area contributed by atoms with Crippen LogP contribution in [0, 0.1) is 6.92 Å². The average molecular weight is 290 g/mol. The maximum atomic E-state index is 11.8. The summed E-state index contributed by atoms with van der Waals surface area (Å²) in [5.41, 5.74) is 7.39. The predicted octanol–water partition coefficient (Wildman–Crippen LogP) is 2.09. The SMILES string of the molecule is CCOC(=O)c1ccnc(Sc2nccc(C)n2)c1N. The Bertz CT molecular complexity index is 634. The number of aromatic nitrogens is 3. The van der Waals surface area contributed by atoms with Crippen LogP contribution in [-0.4, -0.2) is 27.5 Å². The van der Waals surface area contributed by atoms with E-state index >= 15 is 0 Å². The van der Waals surface area contributed by atoms with Gasteiger partial charge in [0.05, 0.1) is 17.9 Å². The molecule has 0 radical (unpaired) electrons. The lowest BCUT2D eigenvalue weighted by Gasteiger charge is -2.08. The molecule has 2 rings (SSSR count). The number of nitrogens with two attached hydrogens (primary N) is 1. The summed E-state index contributed by atoms with van der Waals surface area (Å²) in [5.74, 6) is -0.459. The molecule has 2 N–H and O–H groups in total. The van der Waals surface area contributed by atoms with Crippen molar-refractivity contribution in [1.29, 1.82) is 0 Å². The maximum Gasteiger partial charge on any atom is 0.340 e. The van der Waals surface area contributed by atoms with Crippen LogP contribution < -0.4 is 5.73 Å². The smallest absolute Gasteiger partial charge is 0.340 e. The highest BCUT2D eigenvalue weighted by atomic mass is 32.2. The molecule has 0 bridgehead atoms. The lowest BCUT2D eigenvalue weighted by molar-refractivity contribution is 0.0527. The zero-order chi connectivity index (χ0) is 14.5. The van der Waals surface area contributed by atoms with E-state index in [0.717, 1.165) is 5.69 Å². The number of aryl methyl sites for hydroxylation is 1. The van der Waals surface area contributed by atoms with Gasteiger partial charge in [0.1, 0.15) is 5.03 Å². The number of rotatable bonds is 4. The summed E-state index contributed by atoms with van der Waals surface area (Å²) >= 11 is 1.21. The van der Waals surface area contributed by atoms with Gasteiger partial charge in [-0.3, -0.25) is 0 Å². The Labute approximate surface area is 120 Å². The summed E-state index contributed by atoms with van der Waals surface area (Å²) in [6, 6.07) is 3.34. The minimum Gasteiger partial charge on any atom is -0.462 e. The van der Waals surface area contributed by atoms with E-state index in [1.54, 1.807) is 19.2 Å². The summed E-state index contributed by atoms with van der Waals surface area (Å²) in [7, 11) is 0. The first-order valence-corrected chi connectivity index (χ1v) is 6.82. The average Bonchev–Trinajstić information content (AvgIpc) is 2.41. The first-order chi connectivity index (χ1) is 9.61. The van der Waals surface area contributed by atoms with Gasteiger partial charge in [0.15, 0.2) is 5.16 Å². The van der Waals surface area contributed by atoms with Crippen molar-refractivity contribution in [3.8, 4) is 0 Å². The number of ether oxygens (including phenoxy) is 1. The molecule has 0 aliphatic carbocycles. The molecule has 0 saturated carbocycles. The van der Waals surface area contributed by atoms with Crippen molar-refractivity contribution in [3.05, 3.63) is 35.8 Å². The van der Waals surface area contributed by atoms with Crippen molar-refractivity contribution < 1.29 is 9.53 Å². The summed E-state index contributed by atoms with van der Waals surface area (Å²) in [6.07, 6.45) is 3.18. The molecule has 0 atom stereocenters. The fourth-order valence-corrected chi connectivity index (χ4v) is 2.29.